The fourth-order valence-corrected chi connectivity index (χ4v) is 1.63. The smallest absolute Gasteiger partial charge is 0.231 e. The van der Waals surface area contributed by atoms with Crippen molar-refractivity contribution in [1.82, 2.24) is 5.32 Å². The van der Waals surface area contributed by atoms with Gasteiger partial charge in [-0.2, -0.15) is 0 Å². The van der Waals surface area contributed by atoms with Gasteiger partial charge in [0.05, 0.1) is 6.54 Å². The first-order chi connectivity index (χ1) is 5.12. The molecule has 1 saturated carbocycles. The predicted molar refractivity (Wildman–Crippen MR) is 44.1 cm³/mol. The maximum absolute atomic E-state index is 10.5. The van der Waals surface area contributed by atoms with Gasteiger partial charge in [-0.05, 0) is 19.8 Å². The van der Waals surface area contributed by atoms with E-state index in [2.05, 4.69) is 12.2 Å². The van der Waals surface area contributed by atoms with Crippen LogP contribution in [0.3, 0.4) is 0 Å². The first kappa shape index (κ1) is 8.53. The van der Waals surface area contributed by atoms with E-state index in [1.807, 2.05) is 0 Å². The largest absolute Gasteiger partial charge is 0.369 e. The summed E-state index contributed by atoms with van der Waals surface area (Å²) in [5.41, 5.74) is 5.20. The van der Waals surface area contributed by atoms with Crippen LogP contribution in [0.4, 0.5) is 0 Å². The highest BCUT2D eigenvalue weighted by atomic mass is 16.1. The Bertz CT molecular complexity index is 150. The summed E-state index contributed by atoms with van der Waals surface area (Å²) in [6.45, 7) is 2.47. The SMILES string of the molecule is CC1(NCC(N)=O)CCCC1. The molecule has 1 aliphatic carbocycles. The Morgan fingerprint density at radius 2 is 2.09 bits per heavy atom. The molecular formula is C8H16N2O. The predicted octanol–water partition coefficient (Wildman–Crippen LogP) is 0.394. The van der Waals surface area contributed by atoms with Crippen LogP contribution in [0.5, 0.6) is 0 Å². The van der Waals surface area contributed by atoms with E-state index in [-0.39, 0.29) is 11.4 Å². The van der Waals surface area contributed by atoms with Crippen molar-refractivity contribution in [2.75, 3.05) is 6.54 Å². The molecule has 3 nitrogen and oxygen atoms in total. The Morgan fingerprint density at radius 3 is 2.55 bits per heavy atom. The average molecular weight is 156 g/mol. The number of primary amides is 1. The summed E-state index contributed by atoms with van der Waals surface area (Å²) in [5, 5.41) is 3.18. The van der Waals surface area contributed by atoms with Gasteiger partial charge in [-0.1, -0.05) is 12.8 Å². The zero-order valence-corrected chi connectivity index (χ0v) is 7.02. The molecule has 0 aromatic carbocycles. The highest BCUT2D eigenvalue weighted by Crippen LogP contribution is 2.28. The number of amides is 1. The minimum Gasteiger partial charge on any atom is -0.369 e. The summed E-state index contributed by atoms with van der Waals surface area (Å²) in [7, 11) is 0. The van der Waals surface area contributed by atoms with E-state index in [4.69, 9.17) is 5.73 Å². The Labute approximate surface area is 67.3 Å². The van der Waals surface area contributed by atoms with Gasteiger partial charge in [0.25, 0.3) is 0 Å². The van der Waals surface area contributed by atoms with Gasteiger partial charge in [-0.3, -0.25) is 4.79 Å². The number of nitrogens with one attached hydrogen (secondary N) is 1. The molecule has 0 bridgehead atoms. The Morgan fingerprint density at radius 1 is 1.55 bits per heavy atom. The molecule has 0 aromatic heterocycles. The summed E-state index contributed by atoms with van der Waals surface area (Å²) in [4.78, 5) is 10.5. The van der Waals surface area contributed by atoms with Crippen molar-refractivity contribution in [3.63, 3.8) is 0 Å². The summed E-state index contributed by atoms with van der Waals surface area (Å²) < 4.78 is 0. The quantitative estimate of drug-likeness (QED) is 0.621. The third-order valence-electron chi connectivity index (χ3n) is 2.40. The highest BCUT2D eigenvalue weighted by Gasteiger charge is 2.27. The fourth-order valence-electron chi connectivity index (χ4n) is 1.63. The topological polar surface area (TPSA) is 55.1 Å². The molecule has 64 valence electrons. The van der Waals surface area contributed by atoms with Crippen LogP contribution in [0, 0.1) is 0 Å². The number of rotatable bonds is 3. The van der Waals surface area contributed by atoms with Crippen LogP contribution in [-0.4, -0.2) is 18.0 Å². The van der Waals surface area contributed by atoms with Crippen molar-refractivity contribution in [2.45, 2.75) is 38.1 Å². The monoisotopic (exact) mass is 156 g/mol. The molecule has 1 rings (SSSR count). The van der Waals surface area contributed by atoms with Gasteiger partial charge in [-0.15, -0.1) is 0 Å². The lowest BCUT2D eigenvalue weighted by Crippen LogP contribution is -2.44. The number of carbonyl (C=O) groups is 1. The molecule has 0 aliphatic heterocycles. The zero-order chi connectivity index (χ0) is 8.32. The van der Waals surface area contributed by atoms with Crippen LogP contribution in [0.15, 0.2) is 0 Å². The lowest BCUT2D eigenvalue weighted by molar-refractivity contribution is -0.117. The maximum Gasteiger partial charge on any atom is 0.231 e. The Kier molecular flexibility index (Phi) is 2.49. The molecule has 0 heterocycles. The van der Waals surface area contributed by atoms with Gasteiger partial charge in [0.1, 0.15) is 0 Å². The first-order valence-corrected chi connectivity index (χ1v) is 4.16. The molecule has 1 fully saturated rings. The standard InChI is InChI=1S/C8H16N2O/c1-8(4-2-3-5-8)10-6-7(9)11/h10H,2-6H2,1H3,(H2,9,11). The Balaban J connectivity index is 2.28. The van der Waals surface area contributed by atoms with E-state index in [0.29, 0.717) is 6.54 Å². The zero-order valence-electron chi connectivity index (χ0n) is 7.02. The Hall–Kier alpha value is -0.570. The average Bonchev–Trinajstić information content (AvgIpc) is 2.33. The minimum absolute atomic E-state index is 0.176. The van der Waals surface area contributed by atoms with E-state index in [9.17, 15) is 4.79 Å². The molecule has 0 aromatic rings. The first-order valence-electron chi connectivity index (χ1n) is 4.16. The third kappa shape index (κ3) is 2.50. The molecule has 0 radical (unpaired) electrons. The van der Waals surface area contributed by atoms with Crippen molar-refractivity contribution in [1.29, 1.82) is 0 Å². The van der Waals surface area contributed by atoms with Crippen molar-refractivity contribution in [3.8, 4) is 0 Å². The minimum atomic E-state index is -0.266. The van der Waals surface area contributed by atoms with Crippen LogP contribution in [-0.2, 0) is 4.79 Å². The number of hydrogen-bond acceptors (Lipinski definition) is 2. The number of carbonyl (C=O) groups excluding carboxylic acids is 1. The van der Waals surface area contributed by atoms with E-state index >= 15 is 0 Å². The number of hydrogen-bond donors (Lipinski definition) is 2. The van der Waals surface area contributed by atoms with E-state index < -0.39 is 0 Å². The second-order valence-electron chi connectivity index (χ2n) is 3.59. The molecule has 0 atom stereocenters. The van der Waals surface area contributed by atoms with Gasteiger partial charge >= 0.3 is 0 Å². The molecule has 0 spiro atoms. The normalized spacial score (nSPS) is 21.9. The van der Waals surface area contributed by atoms with Gasteiger partial charge < -0.3 is 11.1 Å². The van der Waals surface area contributed by atoms with E-state index in [0.717, 1.165) is 0 Å². The van der Waals surface area contributed by atoms with Crippen LogP contribution in [0.1, 0.15) is 32.6 Å². The van der Waals surface area contributed by atoms with Crippen molar-refractivity contribution in [2.24, 2.45) is 5.73 Å². The van der Waals surface area contributed by atoms with Crippen LogP contribution < -0.4 is 11.1 Å². The van der Waals surface area contributed by atoms with E-state index in [1.165, 1.54) is 25.7 Å². The van der Waals surface area contributed by atoms with Gasteiger partial charge in [0, 0.05) is 5.54 Å². The molecule has 0 saturated heterocycles. The van der Waals surface area contributed by atoms with Crippen LogP contribution in [0.2, 0.25) is 0 Å². The van der Waals surface area contributed by atoms with Crippen LogP contribution >= 0.6 is 0 Å². The molecule has 3 heteroatoms. The fraction of sp³-hybridized carbons (Fsp3) is 0.875. The summed E-state index contributed by atoms with van der Waals surface area (Å²) in [5.74, 6) is -0.266. The third-order valence-corrected chi connectivity index (χ3v) is 2.40. The van der Waals surface area contributed by atoms with Crippen molar-refractivity contribution < 1.29 is 4.79 Å². The van der Waals surface area contributed by atoms with Gasteiger partial charge in [0.2, 0.25) is 5.91 Å². The molecule has 0 unspecified atom stereocenters. The lowest BCUT2D eigenvalue weighted by Gasteiger charge is -2.24. The lowest BCUT2D eigenvalue weighted by atomic mass is 10.0. The number of nitrogens with two attached hydrogens (primary N) is 1. The molecule has 3 N–H and O–H groups in total. The van der Waals surface area contributed by atoms with Crippen molar-refractivity contribution >= 4 is 5.91 Å². The molecular weight excluding hydrogens is 140 g/mol. The van der Waals surface area contributed by atoms with Crippen LogP contribution in [0.25, 0.3) is 0 Å². The second-order valence-corrected chi connectivity index (χ2v) is 3.59. The molecule has 11 heavy (non-hydrogen) atoms. The summed E-state index contributed by atoms with van der Waals surface area (Å²) in [6, 6.07) is 0. The maximum atomic E-state index is 10.5. The van der Waals surface area contributed by atoms with E-state index in [1.54, 1.807) is 0 Å². The van der Waals surface area contributed by atoms with Gasteiger partial charge in [-0.25, -0.2) is 0 Å². The van der Waals surface area contributed by atoms with Crippen molar-refractivity contribution in [3.05, 3.63) is 0 Å². The summed E-state index contributed by atoms with van der Waals surface area (Å²) in [6.07, 6.45) is 4.87. The highest BCUT2D eigenvalue weighted by molar-refractivity contribution is 5.75. The molecule has 1 aliphatic rings. The van der Waals surface area contributed by atoms with Gasteiger partial charge in [0.15, 0.2) is 0 Å². The summed E-state index contributed by atoms with van der Waals surface area (Å²) >= 11 is 0. The second kappa shape index (κ2) is 3.22. The molecule has 1 amide bonds.